The van der Waals surface area contributed by atoms with E-state index < -0.39 is 52.0 Å². The quantitative estimate of drug-likeness (QED) is 0.487. The van der Waals surface area contributed by atoms with E-state index in [4.69, 9.17) is 4.55 Å². The number of hydroxylamine groups is 2. The Morgan fingerprint density at radius 3 is 2.29 bits per heavy atom. The average Bonchev–Trinajstić information content (AvgIpc) is 2.54. The molecular weight excluding hydrogens is 308 g/mol. The molecule has 1 atom stereocenters. The predicted molar refractivity (Wildman–Crippen MR) is 70.0 cm³/mol. The molecule has 0 radical (unpaired) electrons. The highest BCUT2D eigenvalue weighted by atomic mass is 32.2. The highest BCUT2D eigenvalue weighted by Gasteiger charge is 2.48. The number of imide groups is 1. The van der Waals surface area contributed by atoms with Crippen molar-refractivity contribution in [2.24, 2.45) is 0 Å². The number of carbonyl (C=O) groups excluding carboxylic acids is 4. The Labute approximate surface area is 122 Å². The van der Waals surface area contributed by atoms with Crippen molar-refractivity contribution in [3.05, 3.63) is 0 Å². The molecule has 0 bridgehead atoms. The van der Waals surface area contributed by atoms with E-state index in [0.29, 0.717) is 0 Å². The molecule has 11 heteroatoms. The molecule has 1 rings (SSSR count). The molecule has 0 aromatic carbocycles. The summed E-state index contributed by atoms with van der Waals surface area (Å²) in [5.41, 5.74) is 0. The zero-order chi connectivity index (χ0) is 14.8. The molecule has 0 spiro atoms. The fourth-order valence-electron chi connectivity index (χ4n) is 1.24. The Morgan fingerprint density at radius 1 is 1.38 bits per heavy atom. The number of nitrogens with one attached hydrogen (secondary N) is 1. The summed E-state index contributed by atoms with van der Waals surface area (Å²) in [6.07, 6.45) is -0.814. The fraction of sp³-hybridized carbons (Fsp3) is 0.600. The van der Waals surface area contributed by atoms with Crippen molar-refractivity contribution >= 4 is 33.8 Å². The second-order valence-corrected chi connectivity index (χ2v) is 5.21. The van der Waals surface area contributed by atoms with Gasteiger partial charge in [-0.2, -0.15) is 8.42 Å². The molecular formula is C10H18N2O8S. The molecule has 0 aliphatic carbocycles. The number of amides is 3. The first-order valence-corrected chi connectivity index (χ1v) is 6.41. The van der Waals surface area contributed by atoms with E-state index >= 15 is 0 Å². The lowest BCUT2D eigenvalue weighted by Gasteiger charge is -2.13. The maximum atomic E-state index is 11.4. The minimum atomic E-state index is -4.75. The van der Waals surface area contributed by atoms with Crippen molar-refractivity contribution in [3.63, 3.8) is 0 Å². The lowest BCUT2D eigenvalue weighted by atomic mass is 10.4. The largest absolute Gasteiger partial charge is 0.352 e. The van der Waals surface area contributed by atoms with E-state index in [2.05, 4.69) is 10.2 Å². The molecule has 1 aliphatic rings. The Morgan fingerprint density at radius 2 is 1.90 bits per heavy atom. The first kappa shape index (κ1) is 21.3. The minimum Gasteiger partial charge on any atom is -0.345 e. The Hall–Kier alpha value is -2.01. The number of nitrogens with zero attached hydrogens (tertiary/aromatic N) is 1. The average molecular weight is 326 g/mol. The van der Waals surface area contributed by atoms with Crippen LogP contribution in [-0.2, 0) is 34.1 Å². The summed E-state index contributed by atoms with van der Waals surface area (Å²) in [5.74, 6) is -4.10. The zero-order valence-corrected chi connectivity index (χ0v) is 10.5. The van der Waals surface area contributed by atoms with E-state index in [9.17, 15) is 27.6 Å². The first-order valence-electron chi connectivity index (χ1n) is 4.91. The molecule has 1 aliphatic heterocycles. The molecule has 21 heavy (non-hydrogen) atoms. The van der Waals surface area contributed by atoms with Crippen LogP contribution in [-0.4, -0.2) is 53.5 Å². The summed E-state index contributed by atoms with van der Waals surface area (Å²) in [7, 11) is -4.75. The lowest BCUT2D eigenvalue weighted by molar-refractivity contribution is -0.196. The normalized spacial score (nSPS) is 17.6. The second-order valence-electron chi connectivity index (χ2n) is 3.61. The fourth-order valence-corrected chi connectivity index (χ4v) is 1.95. The third-order valence-electron chi connectivity index (χ3n) is 2.10. The van der Waals surface area contributed by atoms with Crippen LogP contribution in [0, 0.1) is 0 Å². The van der Waals surface area contributed by atoms with Gasteiger partial charge in [-0.05, 0) is 0 Å². The lowest BCUT2D eigenvalue weighted by Crippen LogP contribution is -2.39. The van der Waals surface area contributed by atoms with Crippen molar-refractivity contribution in [1.82, 2.24) is 10.4 Å². The molecule has 0 aromatic heterocycles. The topological polar surface area (TPSA) is 147 Å². The zero-order valence-electron chi connectivity index (χ0n) is 9.65. The van der Waals surface area contributed by atoms with Crippen LogP contribution in [0.2, 0.25) is 0 Å². The monoisotopic (exact) mass is 326 g/mol. The van der Waals surface area contributed by atoms with Crippen molar-refractivity contribution in [3.8, 4) is 0 Å². The van der Waals surface area contributed by atoms with E-state index in [1.54, 1.807) is 0 Å². The molecule has 0 aromatic rings. The van der Waals surface area contributed by atoms with Gasteiger partial charge in [0.05, 0.1) is 6.42 Å². The van der Waals surface area contributed by atoms with Crippen LogP contribution >= 0.6 is 0 Å². The van der Waals surface area contributed by atoms with Gasteiger partial charge < -0.3 is 10.2 Å². The van der Waals surface area contributed by atoms with Crippen molar-refractivity contribution in [2.75, 3.05) is 6.54 Å². The molecule has 0 saturated carbocycles. The van der Waals surface area contributed by atoms with Gasteiger partial charge in [0.1, 0.15) is 6.54 Å². The van der Waals surface area contributed by atoms with Crippen molar-refractivity contribution < 1.29 is 37.0 Å². The molecule has 1 fully saturated rings. The van der Waals surface area contributed by atoms with Crippen LogP contribution in [0.5, 0.6) is 0 Å². The van der Waals surface area contributed by atoms with Gasteiger partial charge in [-0.15, -0.1) is 5.06 Å². The van der Waals surface area contributed by atoms with Gasteiger partial charge in [-0.25, -0.2) is 4.79 Å². The van der Waals surface area contributed by atoms with E-state index in [-0.39, 0.29) is 19.9 Å². The molecule has 1 heterocycles. The van der Waals surface area contributed by atoms with Gasteiger partial charge in [0.25, 0.3) is 21.9 Å². The number of carbonyl (C=O) groups is 4. The Bertz CT molecular complexity index is 541. The van der Waals surface area contributed by atoms with Crippen LogP contribution in [0.25, 0.3) is 0 Å². The van der Waals surface area contributed by atoms with Gasteiger partial charge in [-0.1, -0.05) is 14.9 Å². The minimum absolute atomic E-state index is 0. The SMILES string of the molecule is C.C.CC(=O)NCC(=O)ON1C(=O)CC(S(=O)(=O)O)C1=O. The highest BCUT2D eigenvalue weighted by Crippen LogP contribution is 2.19. The maximum absolute atomic E-state index is 11.4. The van der Waals surface area contributed by atoms with E-state index in [0.717, 1.165) is 6.92 Å². The van der Waals surface area contributed by atoms with Gasteiger partial charge >= 0.3 is 5.97 Å². The Balaban J connectivity index is 0. The smallest absolute Gasteiger partial charge is 0.345 e. The molecule has 122 valence electrons. The highest BCUT2D eigenvalue weighted by molar-refractivity contribution is 7.87. The summed E-state index contributed by atoms with van der Waals surface area (Å²) >= 11 is 0. The number of hydrogen-bond acceptors (Lipinski definition) is 7. The molecule has 10 nitrogen and oxygen atoms in total. The summed E-state index contributed by atoms with van der Waals surface area (Å²) in [6.45, 7) is 0.538. The summed E-state index contributed by atoms with van der Waals surface area (Å²) in [5, 5.41) is 0.0427. The van der Waals surface area contributed by atoms with Crippen LogP contribution in [0.15, 0.2) is 0 Å². The number of rotatable bonds is 4. The van der Waals surface area contributed by atoms with Gasteiger partial charge in [-0.3, -0.25) is 18.9 Å². The number of hydrogen-bond donors (Lipinski definition) is 2. The van der Waals surface area contributed by atoms with E-state index in [1.165, 1.54) is 0 Å². The third kappa shape index (κ3) is 5.47. The van der Waals surface area contributed by atoms with Crippen LogP contribution in [0.3, 0.4) is 0 Å². The molecule has 3 amide bonds. The Kier molecular flexibility index (Phi) is 7.79. The third-order valence-corrected chi connectivity index (χ3v) is 3.18. The first-order chi connectivity index (χ1) is 8.62. The van der Waals surface area contributed by atoms with Gasteiger partial charge in [0.15, 0.2) is 5.25 Å². The summed E-state index contributed by atoms with van der Waals surface area (Å²) in [6, 6.07) is 0. The van der Waals surface area contributed by atoms with Crippen LogP contribution in [0.1, 0.15) is 28.2 Å². The van der Waals surface area contributed by atoms with Gasteiger partial charge in [0.2, 0.25) is 5.91 Å². The maximum Gasteiger partial charge on any atom is 0.352 e. The summed E-state index contributed by atoms with van der Waals surface area (Å²) < 4.78 is 30.3. The molecule has 1 saturated heterocycles. The van der Waals surface area contributed by atoms with Crippen molar-refractivity contribution in [1.29, 1.82) is 0 Å². The standard InChI is InChI=1S/C8H10N2O8S.2CH4/c1-4(11)9-3-7(13)18-10-6(12)2-5(8(10)14)19(15,16)17;;/h5H,2-3H2,1H3,(H,9,11)(H,15,16,17);2*1H4. The molecule has 1 unspecified atom stereocenters. The van der Waals surface area contributed by atoms with E-state index in [1.807, 2.05) is 0 Å². The van der Waals surface area contributed by atoms with Gasteiger partial charge in [0, 0.05) is 6.92 Å². The molecule has 2 N–H and O–H groups in total. The second kappa shape index (κ2) is 7.69. The van der Waals surface area contributed by atoms with Crippen LogP contribution < -0.4 is 5.32 Å². The summed E-state index contributed by atoms with van der Waals surface area (Å²) in [4.78, 5) is 48.7. The van der Waals surface area contributed by atoms with Crippen molar-refractivity contribution in [2.45, 2.75) is 33.4 Å². The van der Waals surface area contributed by atoms with Crippen LogP contribution in [0.4, 0.5) is 0 Å². The predicted octanol–water partition coefficient (Wildman–Crippen LogP) is -1.13.